The molecule has 2 heterocycles. The molecule has 0 aliphatic carbocycles. The first kappa shape index (κ1) is 22.9. The maximum Gasteiger partial charge on any atom is 0.251 e. The smallest absolute Gasteiger partial charge is 0.251 e. The second-order valence-electron chi connectivity index (χ2n) is 7.90. The number of hydrogen-bond acceptors (Lipinski definition) is 6. The fourth-order valence-corrected chi connectivity index (χ4v) is 4.64. The van der Waals surface area contributed by atoms with Crippen molar-refractivity contribution in [1.82, 2.24) is 20.2 Å². The van der Waals surface area contributed by atoms with Crippen LogP contribution < -0.4 is 10.6 Å². The number of hydrogen-bond donors (Lipinski definition) is 2. The Morgan fingerprint density at radius 1 is 1.00 bits per heavy atom. The van der Waals surface area contributed by atoms with Crippen molar-refractivity contribution in [2.45, 2.75) is 20.8 Å². The number of likely N-dealkylation sites (N-methyl/N-ethyl adjacent to an activating group) is 1. The predicted octanol–water partition coefficient (Wildman–Crippen LogP) is 5.48. The van der Waals surface area contributed by atoms with E-state index in [1.807, 2.05) is 24.3 Å². The molecule has 2 aromatic carbocycles. The first-order chi connectivity index (χ1) is 16.1. The van der Waals surface area contributed by atoms with Gasteiger partial charge in [-0.25, -0.2) is 9.97 Å². The maximum absolute atomic E-state index is 12.5. The van der Waals surface area contributed by atoms with E-state index in [0.717, 1.165) is 52.5 Å². The number of thiophene rings is 1. The Hall–Kier alpha value is -3.29. The van der Waals surface area contributed by atoms with E-state index in [2.05, 4.69) is 75.9 Å². The average Bonchev–Trinajstić information content (AvgIpc) is 3.28. The largest absolute Gasteiger partial charge is 0.351 e. The summed E-state index contributed by atoms with van der Waals surface area (Å²) in [5.74, 6) is 0.700. The number of carbonyl (C=O) groups excluding carboxylic acids is 1. The molecule has 2 aromatic heterocycles. The first-order valence-electron chi connectivity index (χ1n) is 11.3. The van der Waals surface area contributed by atoms with E-state index < -0.39 is 0 Å². The Labute approximate surface area is 198 Å². The van der Waals surface area contributed by atoms with Gasteiger partial charge in [0.05, 0.1) is 5.39 Å². The van der Waals surface area contributed by atoms with Crippen LogP contribution in [0.25, 0.3) is 21.3 Å². The molecular weight excluding hydrogens is 430 g/mol. The van der Waals surface area contributed by atoms with Gasteiger partial charge in [-0.2, -0.15) is 0 Å². The van der Waals surface area contributed by atoms with Gasteiger partial charge in [0.2, 0.25) is 0 Å². The van der Waals surface area contributed by atoms with Gasteiger partial charge in [0.15, 0.2) is 0 Å². The Kier molecular flexibility index (Phi) is 7.32. The lowest BCUT2D eigenvalue weighted by Crippen LogP contribution is -2.34. The lowest BCUT2D eigenvalue weighted by Gasteiger charge is -2.18. The van der Waals surface area contributed by atoms with Crippen LogP contribution in [0, 0.1) is 6.92 Å². The van der Waals surface area contributed by atoms with Crippen LogP contribution in [0.15, 0.2) is 60.2 Å². The highest BCUT2D eigenvalue weighted by Gasteiger charge is 2.14. The van der Waals surface area contributed by atoms with Crippen molar-refractivity contribution in [3.05, 3.63) is 71.4 Å². The average molecular weight is 460 g/mol. The highest BCUT2D eigenvalue weighted by molar-refractivity contribution is 7.17. The Bertz CT molecular complexity index is 1210. The number of amides is 1. The van der Waals surface area contributed by atoms with E-state index >= 15 is 0 Å². The molecule has 0 fully saturated rings. The first-order valence-corrected chi connectivity index (χ1v) is 12.1. The number of anilines is 2. The van der Waals surface area contributed by atoms with E-state index in [-0.39, 0.29) is 5.91 Å². The van der Waals surface area contributed by atoms with Crippen molar-refractivity contribution in [2.24, 2.45) is 0 Å². The van der Waals surface area contributed by atoms with Crippen molar-refractivity contribution in [3.63, 3.8) is 0 Å². The fraction of sp³-hybridized carbons (Fsp3) is 0.269. The SMILES string of the molecule is CCN(CC)CCNC(=O)c1ccc(Nc2ncnc3scc(-c4ccc(C)cc4)c23)cc1. The standard InChI is InChI=1S/C26H29N5OS/c1-4-31(5-2)15-14-27-25(32)20-10-12-21(13-11-20)30-24-23-22(16-33-26(23)29-17-28-24)19-8-6-18(3)7-9-19/h6-13,16-17H,4-5,14-15H2,1-3H3,(H,27,32)(H,28,29,30). The molecule has 33 heavy (non-hydrogen) atoms. The molecule has 0 bridgehead atoms. The quantitative estimate of drug-likeness (QED) is 0.347. The van der Waals surface area contributed by atoms with E-state index in [9.17, 15) is 4.79 Å². The molecule has 0 spiro atoms. The minimum atomic E-state index is -0.0578. The van der Waals surface area contributed by atoms with E-state index in [4.69, 9.17) is 0 Å². The molecule has 6 nitrogen and oxygen atoms in total. The van der Waals surface area contributed by atoms with Crippen LogP contribution in [0.1, 0.15) is 29.8 Å². The van der Waals surface area contributed by atoms with Crippen LogP contribution in [0.2, 0.25) is 0 Å². The van der Waals surface area contributed by atoms with E-state index in [1.54, 1.807) is 17.7 Å². The van der Waals surface area contributed by atoms with Gasteiger partial charge < -0.3 is 15.5 Å². The Morgan fingerprint density at radius 3 is 2.42 bits per heavy atom. The van der Waals surface area contributed by atoms with Crippen LogP contribution in [0.5, 0.6) is 0 Å². The number of carbonyl (C=O) groups is 1. The summed E-state index contributed by atoms with van der Waals surface area (Å²) in [4.78, 5) is 24.6. The van der Waals surface area contributed by atoms with Crippen LogP contribution in [-0.2, 0) is 0 Å². The summed E-state index contributed by atoms with van der Waals surface area (Å²) in [5.41, 5.74) is 4.99. The summed E-state index contributed by atoms with van der Waals surface area (Å²) >= 11 is 1.61. The van der Waals surface area contributed by atoms with Crippen molar-refractivity contribution in [3.8, 4) is 11.1 Å². The molecule has 170 valence electrons. The minimum Gasteiger partial charge on any atom is -0.351 e. The van der Waals surface area contributed by atoms with Gasteiger partial charge in [0.1, 0.15) is 17.0 Å². The van der Waals surface area contributed by atoms with E-state index in [1.165, 1.54) is 5.56 Å². The van der Waals surface area contributed by atoms with Crippen molar-refractivity contribution in [1.29, 1.82) is 0 Å². The molecule has 2 N–H and O–H groups in total. The third kappa shape index (κ3) is 5.38. The molecule has 0 aliphatic rings. The lowest BCUT2D eigenvalue weighted by molar-refractivity contribution is 0.0949. The molecule has 0 unspecified atom stereocenters. The predicted molar refractivity (Wildman–Crippen MR) is 137 cm³/mol. The van der Waals surface area contributed by atoms with Gasteiger partial charge in [-0.3, -0.25) is 4.79 Å². The number of nitrogens with zero attached hydrogens (tertiary/aromatic N) is 3. The molecule has 4 aromatic rings. The fourth-order valence-electron chi connectivity index (χ4n) is 3.73. The second kappa shape index (κ2) is 10.6. The van der Waals surface area contributed by atoms with Crippen LogP contribution in [0.3, 0.4) is 0 Å². The number of aryl methyl sites for hydroxylation is 1. The van der Waals surface area contributed by atoms with Crippen molar-refractivity contribution < 1.29 is 4.79 Å². The van der Waals surface area contributed by atoms with Crippen LogP contribution >= 0.6 is 11.3 Å². The second-order valence-corrected chi connectivity index (χ2v) is 8.76. The summed E-state index contributed by atoms with van der Waals surface area (Å²) < 4.78 is 0. The highest BCUT2D eigenvalue weighted by atomic mass is 32.1. The normalized spacial score (nSPS) is 11.2. The maximum atomic E-state index is 12.5. The molecule has 0 radical (unpaired) electrons. The third-order valence-electron chi connectivity index (χ3n) is 5.75. The van der Waals surface area contributed by atoms with Gasteiger partial charge >= 0.3 is 0 Å². The summed E-state index contributed by atoms with van der Waals surface area (Å²) in [6.07, 6.45) is 1.58. The molecule has 7 heteroatoms. The number of rotatable bonds is 9. The molecular formula is C26H29N5OS. The van der Waals surface area contributed by atoms with Gasteiger partial charge in [-0.1, -0.05) is 43.7 Å². The summed E-state index contributed by atoms with van der Waals surface area (Å²) in [7, 11) is 0. The Morgan fingerprint density at radius 2 is 1.73 bits per heavy atom. The summed E-state index contributed by atoms with van der Waals surface area (Å²) in [6, 6.07) is 16.0. The molecule has 4 rings (SSSR count). The molecule has 0 aliphatic heterocycles. The van der Waals surface area contributed by atoms with Crippen molar-refractivity contribution in [2.75, 3.05) is 31.5 Å². The molecule has 0 saturated heterocycles. The number of nitrogens with one attached hydrogen (secondary N) is 2. The highest BCUT2D eigenvalue weighted by Crippen LogP contribution is 2.37. The number of benzene rings is 2. The third-order valence-corrected chi connectivity index (χ3v) is 6.64. The van der Waals surface area contributed by atoms with Gasteiger partial charge in [-0.05, 0) is 49.8 Å². The molecule has 1 amide bonds. The Balaban J connectivity index is 1.49. The zero-order valence-corrected chi connectivity index (χ0v) is 20.1. The topological polar surface area (TPSA) is 70.2 Å². The van der Waals surface area contributed by atoms with Crippen LogP contribution in [0.4, 0.5) is 11.5 Å². The van der Waals surface area contributed by atoms with E-state index in [0.29, 0.717) is 12.1 Å². The summed E-state index contributed by atoms with van der Waals surface area (Å²) in [6.45, 7) is 9.80. The van der Waals surface area contributed by atoms with Crippen molar-refractivity contribution >= 4 is 39.0 Å². The molecule has 0 saturated carbocycles. The van der Waals surface area contributed by atoms with Gasteiger partial charge in [0, 0.05) is 35.3 Å². The zero-order chi connectivity index (χ0) is 23.2. The van der Waals surface area contributed by atoms with Gasteiger partial charge in [0.25, 0.3) is 5.91 Å². The number of fused-ring (bicyclic) bond motifs is 1. The zero-order valence-electron chi connectivity index (χ0n) is 19.3. The van der Waals surface area contributed by atoms with Crippen LogP contribution in [-0.4, -0.2) is 47.0 Å². The van der Waals surface area contributed by atoms with Gasteiger partial charge in [-0.15, -0.1) is 11.3 Å². The number of aromatic nitrogens is 2. The monoisotopic (exact) mass is 459 g/mol. The molecule has 0 atom stereocenters. The minimum absolute atomic E-state index is 0.0578. The lowest BCUT2D eigenvalue weighted by atomic mass is 10.0. The summed E-state index contributed by atoms with van der Waals surface area (Å²) in [5, 5.41) is 9.54.